The van der Waals surface area contributed by atoms with Gasteiger partial charge in [0.25, 0.3) is 5.91 Å². The van der Waals surface area contributed by atoms with Crippen LogP contribution >= 0.6 is 15.9 Å². The molecule has 32 heavy (non-hydrogen) atoms. The average molecular weight is 501 g/mol. The molecular weight excluding hydrogens is 475 g/mol. The Morgan fingerprint density at radius 2 is 1.81 bits per heavy atom. The second kappa shape index (κ2) is 11.1. The number of carbonyl (C=O) groups is 2. The van der Waals surface area contributed by atoms with Crippen LogP contribution in [0.25, 0.3) is 10.8 Å². The highest BCUT2D eigenvalue weighted by atomic mass is 79.9. The first-order valence-corrected chi connectivity index (χ1v) is 11.3. The van der Waals surface area contributed by atoms with E-state index in [2.05, 4.69) is 21.2 Å². The number of carbonyl (C=O) groups excluding carboxylic acids is 2. The Labute approximate surface area is 195 Å². The first-order chi connectivity index (χ1) is 15.4. The third kappa shape index (κ3) is 5.65. The number of benzene rings is 3. The number of hydrogen-bond donors (Lipinski definition) is 1. The van der Waals surface area contributed by atoms with Crippen LogP contribution in [0.1, 0.15) is 25.8 Å². The molecule has 0 fully saturated rings. The summed E-state index contributed by atoms with van der Waals surface area (Å²) in [7, 11) is 0. The molecule has 0 radical (unpaired) electrons. The zero-order chi connectivity index (χ0) is 23.1. The standard InChI is InChI=1S/C25H26BrFN2O3/c1-3-14-28-25(31)17(2)29(15-19-9-5-7-11-21(19)27)23(30)16-32-22-13-12-18-8-4-6-10-20(18)24(22)26/h4-13,17H,3,14-16H2,1-2H3,(H,28,31). The van der Waals surface area contributed by atoms with Crippen LogP contribution in [-0.4, -0.2) is 35.9 Å². The number of nitrogens with one attached hydrogen (secondary N) is 1. The molecule has 3 rings (SSSR count). The molecule has 168 valence electrons. The molecule has 1 atom stereocenters. The van der Waals surface area contributed by atoms with Crippen molar-refractivity contribution < 1.29 is 18.7 Å². The summed E-state index contributed by atoms with van der Waals surface area (Å²) in [5, 5.41) is 4.80. The molecule has 3 aromatic carbocycles. The maximum atomic E-state index is 14.3. The van der Waals surface area contributed by atoms with Gasteiger partial charge in [0.1, 0.15) is 17.6 Å². The number of hydrogen-bond acceptors (Lipinski definition) is 3. The second-order valence-electron chi connectivity index (χ2n) is 7.47. The van der Waals surface area contributed by atoms with E-state index in [4.69, 9.17) is 4.74 Å². The molecule has 2 amide bonds. The van der Waals surface area contributed by atoms with Crippen LogP contribution in [0.3, 0.4) is 0 Å². The molecule has 5 nitrogen and oxygen atoms in total. The third-order valence-electron chi connectivity index (χ3n) is 5.19. The Kier molecular flexibility index (Phi) is 8.22. The van der Waals surface area contributed by atoms with Gasteiger partial charge in [-0.15, -0.1) is 0 Å². The normalized spacial score (nSPS) is 11.8. The van der Waals surface area contributed by atoms with Gasteiger partial charge in [-0.1, -0.05) is 55.5 Å². The topological polar surface area (TPSA) is 58.6 Å². The first kappa shape index (κ1) is 23.7. The van der Waals surface area contributed by atoms with Crippen molar-refractivity contribution in [1.29, 1.82) is 0 Å². The summed E-state index contributed by atoms with van der Waals surface area (Å²) in [4.78, 5) is 27.0. The Morgan fingerprint density at radius 3 is 2.56 bits per heavy atom. The van der Waals surface area contributed by atoms with Crippen LogP contribution in [0.2, 0.25) is 0 Å². The average Bonchev–Trinajstić information content (AvgIpc) is 2.81. The van der Waals surface area contributed by atoms with Crippen LogP contribution in [0.4, 0.5) is 4.39 Å². The molecule has 0 spiro atoms. The molecule has 0 aromatic heterocycles. The SMILES string of the molecule is CCCNC(=O)C(C)N(Cc1ccccc1F)C(=O)COc1ccc2ccccc2c1Br. The van der Waals surface area contributed by atoms with Gasteiger partial charge in [0.15, 0.2) is 6.61 Å². The van der Waals surface area contributed by atoms with Gasteiger partial charge in [-0.2, -0.15) is 0 Å². The van der Waals surface area contributed by atoms with Crippen molar-refractivity contribution in [1.82, 2.24) is 10.2 Å². The lowest BCUT2D eigenvalue weighted by molar-refractivity contribution is -0.142. The van der Waals surface area contributed by atoms with E-state index in [1.807, 2.05) is 37.3 Å². The van der Waals surface area contributed by atoms with Gasteiger partial charge in [0.2, 0.25) is 5.91 Å². The molecule has 0 aliphatic rings. The molecular formula is C25H26BrFN2O3. The third-order valence-corrected chi connectivity index (χ3v) is 6.01. The molecule has 1 N–H and O–H groups in total. The van der Waals surface area contributed by atoms with E-state index in [1.165, 1.54) is 11.0 Å². The zero-order valence-electron chi connectivity index (χ0n) is 18.1. The van der Waals surface area contributed by atoms with Crippen molar-refractivity contribution in [3.8, 4) is 5.75 Å². The smallest absolute Gasteiger partial charge is 0.261 e. The molecule has 0 aliphatic heterocycles. The number of ether oxygens (including phenoxy) is 1. The van der Waals surface area contributed by atoms with E-state index in [1.54, 1.807) is 31.2 Å². The summed E-state index contributed by atoms with van der Waals surface area (Å²) in [6, 6.07) is 17.0. The Morgan fingerprint density at radius 1 is 1.09 bits per heavy atom. The van der Waals surface area contributed by atoms with E-state index < -0.39 is 17.8 Å². The largest absolute Gasteiger partial charge is 0.483 e. The highest BCUT2D eigenvalue weighted by Gasteiger charge is 2.27. The minimum Gasteiger partial charge on any atom is -0.483 e. The van der Waals surface area contributed by atoms with Gasteiger partial charge >= 0.3 is 0 Å². The van der Waals surface area contributed by atoms with E-state index in [-0.39, 0.29) is 19.1 Å². The Balaban J connectivity index is 1.79. The Hall–Kier alpha value is -2.93. The molecule has 1 unspecified atom stereocenters. The van der Waals surface area contributed by atoms with Gasteiger partial charge in [0.05, 0.1) is 4.47 Å². The summed E-state index contributed by atoms with van der Waals surface area (Å²) in [6.07, 6.45) is 0.777. The summed E-state index contributed by atoms with van der Waals surface area (Å²) in [5.74, 6) is -0.605. The maximum Gasteiger partial charge on any atom is 0.261 e. The van der Waals surface area contributed by atoms with Crippen molar-refractivity contribution in [2.45, 2.75) is 32.9 Å². The predicted molar refractivity (Wildman–Crippen MR) is 127 cm³/mol. The fraction of sp³-hybridized carbons (Fsp3) is 0.280. The molecule has 0 saturated heterocycles. The van der Waals surface area contributed by atoms with Gasteiger partial charge < -0.3 is 15.0 Å². The maximum absolute atomic E-state index is 14.3. The highest BCUT2D eigenvalue weighted by Crippen LogP contribution is 2.33. The summed E-state index contributed by atoms with van der Waals surface area (Å²) in [5.41, 5.74) is 0.336. The fourth-order valence-electron chi connectivity index (χ4n) is 3.34. The van der Waals surface area contributed by atoms with E-state index in [9.17, 15) is 14.0 Å². The molecule has 0 bridgehead atoms. The molecule has 0 saturated carbocycles. The first-order valence-electron chi connectivity index (χ1n) is 10.5. The van der Waals surface area contributed by atoms with Gasteiger partial charge in [-0.05, 0) is 52.2 Å². The lowest BCUT2D eigenvalue weighted by atomic mass is 10.1. The van der Waals surface area contributed by atoms with Crippen molar-refractivity contribution in [3.63, 3.8) is 0 Å². The highest BCUT2D eigenvalue weighted by molar-refractivity contribution is 9.10. The predicted octanol–water partition coefficient (Wildman–Crippen LogP) is 5.06. The van der Waals surface area contributed by atoms with Crippen LogP contribution in [0.15, 0.2) is 65.1 Å². The van der Waals surface area contributed by atoms with E-state index >= 15 is 0 Å². The van der Waals surface area contributed by atoms with Crippen molar-refractivity contribution in [3.05, 3.63) is 76.5 Å². The summed E-state index contributed by atoms with van der Waals surface area (Å²) < 4.78 is 20.8. The van der Waals surface area contributed by atoms with Gasteiger partial charge in [-0.3, -0.25) is 9.59 Å². The zero-order valence-corrected chi connectivity index (χ0v) is 19.7. The van der Waals surface area contributed by atoms with Gasteiger partial charge in [-0.25, -0.2) is 4.39 Å². The molecule has 3 aromatic rings. The number of fused-ring (bicyclic) bond motifs is 1. The molecule has 0 aliphatic carbocycles. The minimum atomic E-state index is -0.780. The van der Waals surface area contributed by atoms with Crippen molar-refractivity contribution in [2.75, 3.05) is 13.2 Å². The monoisotopic (exact) mass is 500 g/mol. The van der Waals surface area contributed by atoms with Crippen LogP contribution in [0.5, 0.6) is 5.75 Å². The summed E-state index contributed by atoms with van der Waals surface area (Å²) in [6.45, 7) is 3.77. The minimum absolute atomic E-state index is 0.0333. The van der Waals surface area contributed by atoms with E-state index in [0.29, 0.717) is 17.9 Å². The van der Waals surface area contributed by atoms with Crippen molar-refractivity contribution in [2.24, 2.45) is 0 Å². The van der Waals surface area contributed by atoms with Gasteiger partial charge in [0, 0.05) is 18.7 Å². The number of halogens is 2. The number of amides is 2. The number of nitrogens with zero attached hydrogens (tertiary/aromatic N) is 1. The van der Waals surface area contributed by atoms with E-state index in [0.717, 1.165) is 21.7 Å². The van der Waals surface area contributed by atoms with Crippen LogP contribution in [-0.2, 0) is 16.1 Å². The second-order valence-corrected chi connectivity index (χ2v) is 8.26. The fourth-order valence-corrected chi connectivity index (χ4v) is 3.94. The Bertz CT molecular complexity index is 1110. The summed E-state index contributed by atoms with van der Waals surface area (Å²) >= 11 is 3.55. The van der Waals surface area contributed by atoms with Crippen molar-refractivity contribution >= 4 is 38.5 Å². The quantitative estimate of drug-likeness (QED) is 0.446. The molecule has 0 heterocycles. The van der Waals surface area contributed by atoms with Crippen LogP contribution < -0.4 is 10.1 Å². The van der Waals surface area contributed by atoms with Crippen LogP contribution in [0, 0.1) is 5.82 Å². The lowest BCUT2D eigenvalue weighted by Gasteiger charge is -2.29. The number of rotatable bonds is 9. The molecule has 7 heteroatoms. The lowest BCUT2D eigenvalue weighted by Crippen LogP contribution is -2.49.